The van der Waals surface area contributed by atoms with Crippen molar-refractivity contribution in [3.63, 3.8) is 0 Å². The van der Waals surface area contributed by atoms with Gasteiger partial charge in [0.1, 0.15) is 18.4 Å². The highest BCUT2D eigenvalue weighted by Crippen LogP contribution is 2.27. The SMILES string of the molecule is CC[C@@H](C)NC(=O)[C@H](Cc1ccccc1)N(Cc1ccc(C)cc1)C(=O)CN(c1ccccc1F)S(=O)(=O)c1ccc(C)cc1. The summed E-state index contributed by atoms with van der Waals surface area (Å²) in [7, 11) is -4.38. The highest BCUT2D eigenvalue weighted by molar-refractivity contribution is 7.92. The highest BCUT2D eigenvalue weighted by Gasteiger charge is 2.35. The van der Waals surface area contributed by atoms with Gasteiger partial charge in [-0.05, 0) is 62.6 Å². The Labute approximate surface area is 265 Å². The molecule has 0 spiro atoms. The Morgan fingerprint density at radius 2 is 1.38 bits per heavy atom. The smallest absolute Gasteiger partial charge is 0.264 e. The maximum absolute atomic E-state index is 15.2. The van der Waals surface area contributed by atoms with E-state index in [4.69, 9.17) is 0 Å². The molecule has 4 aromatic carbocycles. The van der Waals surface area contributed by atoms with E-state index in [9.17, 15) is 18.0 Å². The Hall–Kier alpha value is -4.50. The molecule has 0 saturated carbocycles. The summed E-state index contributed by atoms with van der Waals surface area (Å²) in [6.07, 6.45) is 0.886. The normalized spacial score (nSPS) is 12.6. The molecule has 0 radical (unpaired) electrons. The number of amides is 2. The zero-order chi connectivity index (χ0) is 32.6. The first-order valence-electron chi connectivity index (χ1n) is 15.0. The molecule has 0 fully saturated rings. The van der Waals surface area contributed by atoms with Gasteiger partial charge < -0.3 is 10.2 Å². The first kappa shape index (κ1) is 33.4. The third-order valence-electron chi connectivity index (χ3n) is 7.75. The highest BCUT2D eigenvalue weighted by atomic mass is 32.2. The van der Waals surface area contributed by atoms with Crippen LogP contribution in [0.4, 0.5) is 10.1 Å². The molecular formula is C36H40FN3O4S. The molecule has 0 aliphatic carbocycles. The largest absolute Gasteiger partial charge is 0.352 e. The lowest BCUT2D eigenvalue weighted by molar-refractivity contribution is -0.140. The van der Waals surface area contributed by atoms with Crippen molar-refractivity contribution < 1.29 is 22.4 Å². The molecule has 1 N–H and O–H groups in total. The molecule has 236 valence electrons. The predicted molar refractivity (Wildman–Crippen MR) is 176 cm³/mol. The Balaban J connectivity index is 1.81. The van der Waals surface area contributed by atoms with Crippen LogP contribution in [0.1, 0.15) is 42.5 Å². The van der Waals surface area contributed by atoms with Crippen molar-refractivity contribution in [2.45, 2.75) is 64.1 Å². The molecule has 2 atom stereocenters. The number of rotatable bonds is 13. The van der Waals surface area contributed by atoms with Gasteiger partial charge in [-0.2, -0.15) is 0 Å². The molecule has 4 rings (SSSR count). The molecule has 2 amide bonds. The third kappa shape index (κ3) is 8.57. The maximum Gasteiger partial charge on any atom is 0.264 e. The summed E-state index contributed by atoms with van der Waals surface area (Å²) in [6, 6.07) is 27.4. The molecule has 9 heteroatoms. The number of hydrogen-bond acceptors (Lipinski definition) is 4. The molecule has 0 heterocycles. The van der Waals surface area contributed by atoms with Crippen LogP contribution in [0.25, 0.3) is 0 Å². The first-order valence-corrected chi connectivity index (χ1v) is 16.5. The zero-order valence-electron chi connectivity index (χ0n) is 26.1. The summed E-state index contributed by atoms with van der Waals surface area (Å²) in [5, 5.41) is 3.01. The average Bonchev–Trinajstić information content (AvgIpc) is 3.03. The fourth-order valence-corrected chi connectivity index (χ4v) is 6.31. The van der Waals surface area contributed by atoms with E-state index in [0.29, 0.717) is 6.42 Å². The number of para-hydroxylation sites is 1. The van der Waals surface area contributed by atoms with Crippen molar-refractivity contribution in [3.8, 4) is 0 Å². The molecular weight excluding hydrogens is 589 g/mol. The standard InChI is InChI=1S/C36H40FN3O4S/c1-5-28(4)38-36(42)34(23-29-11-7-6-8-12-29)39(24-30-19-15-26(2)16-20-30)35(41)25-40(33-14-10-9-13-32(33)37)45(43,44)31-21-17-27(3)18-22-31/h6-22,28,34H,5,23-25H2,1-4H3,(H,38,42)/t28-,34+/m1/s1. The van der Waals surface area contributed by atoms with Crippen LogP contribution in [0, 0.1) is 19.7 Å². The van der Waals surface area contributed by atoms with Crippen LogP contribution in [-0.4, -0.2) is 43.8 Å². The van der Waals surface area contributed by atoms with Gasteiger partial charge in [-0.25, -0.2) is 12.8 Å². The number of carbonyl (C=O) groups excluding carboxylic acids is 2. The van der Waals surface area contributed by atoms with E-state index in [2.05, 4.69) is 5.32 Å². The summed E-state index contributed by atoms with van der Waals surface area (Å²) in [6.45, 7) is 6.94. The number of sulfonamides is 1. The number of anilines is 1. The molecule has 0 bridgehead atoms. The minimum absolute atomic E-state index is 0.0419. The van der Waals surface area contributed by atoms with Gasteiger partial charge in [-0.3, -0.25) is 13.9 Å². The van der Waals surface area contributed by atoms with Gasteiger partial charge in [0.05, 0.1) is 10.6 Å². The summed E-state index contributed by atoms with van der Waals surface area (Å²) in [5.41, 5.74) is 3.22. The van der Waals surface area contributed by atoms with Gasteiger partial charge in [-0.15, -0.1) is 0 Å². The second-order valence-corrected chi connectivity index (χ2v) is 13.2. The number of hydrogen-bond donors (Lipinski definition) is 1. The molecule has 0 unspecified atom stereocenters. The van der Waals surface area contributed by atoms with Crippen LogP contribution in [0.2, 0.25) is 0 Å². The average molecular weight is 630 g/mol. The second-order valence-electron chi connectivity index (χ2n) is 11.3. The first-order chi connectivity index (χ1) is 21.5. The fourth-order valence-electron chi connectivity index (χ4n) is 4.89. The molecule has 0 aromatic heterocycles. The van der Waals surface area contributed by atoms with Crippen LogP contribution in [-0.2, 0) is 32.6 Å². The summed E-state index contributed by atoms with van der Waals surface area (Å²) >= 11 is 0. The van der Waals surface area contributed by atoms with Gasteiger partial charge in [0.2, 0.25) is 11.8 Å². The van der Waals surface area contributed by atoms with Gasteiger partial charge in [0.25, 0.3) is 10.0 Å². The predicted octanol–water partition coefficient (Wildman–Crippen LogP) is 6.19. The van der Waals surface area contributed by atoms with Crippen molar-refractivity contribution >= 4 is 27.5 Å². The Morgan fingerprint density at radius 3 is 1.98 bits per heavy atom. The lowest BCUT2D eigenvalue weighted by Gasteiger charge is -2.34. The lowest BCUT2D eigenvalue weighted by Crippen LogP contribution is -2.54. The number of carbonyl (C=O) groups is 2. The monoisotopic (exact) mass is 629 g/mol. The minimum atomic E-state index is -4.38. The van der Waals surface area contributed by atoms with E-state index in [1.807, 2.05) is 82.3 Å². The van der Waals surface area contributed by atoms with Crippen molar-refractivity contribution in [2.24, 2.45) is 0 Å². The summed E-state index contributed by atoms with van der Waals surface area (Å²) in [5.74, 6) is -1.79. The number of benzene rings is 4. The van der Waals surface area contributed by atoms with Gasteiger partial charge in [0.15, 0.2) is 0 Å². The molecule has 0 saturated heterocycles. The molecule has 0 aliphatic heterocycles. The van der Waals surface area contributed by atoms with E-state index >= 15 is 4.39 Å². The van der Waals surface area contributed by atoms with Crippen molar-refractivity contribution in [3.05, 3.63) is 131 Å². The number of nitrogens with zero attached hydrogens (tertiary/aromatic N) is 2. The van der Waals surface area contributed by atoms with Crippen molar-refractivity contribution in [2.75, 3.05) is 10.8 Å². The van der Waals surface area contributed by atoms with Crippen LogP contribution in [0.5, 0.6) is 0 Å². The molecule has 45 heavy (non-hydrogen) atoms. The second kappa shape index (κ2) is 15.0. The topological polar surface area (TPSA) is 86.8 Å². The molecule has 7 nitrogen and oxygen atoms in total. The fraction of sp³-hybridized carbons (Fsp3) is 0.278. The lowest BCUT2D eigenvalue weighted by atomic mass is 10.0. The van der Waals surface area contributed by atoms with Crippen LogP contribution < -0.4 is 9.62 Å². The van der Waals surface area contributed by atoms with E-state index in [0.717, 1.165) is 32.6 Å². The number of nitrogens with one attached hydrogen (secondary N) is 1. The van der Waals surface area contributed by atoms with Crippen molar-refractivity contribution in [1.29, 1.82) is 0 Å². The van der Waals surface area contributed by atoms with E-state index in [1.165, 1.54) is 35.2 Å². The van der Waals surface area contributed by atoms with Gasteiger partial charge >= 0.3 is 0 Å². The zero-order valence-corrected chi connectivity index (χ0v) is 26.9. The van der Waals surface area contributed by atoms with Crippen molar-refractivity contribution in [1.82, 2.24) is 10.2 Å². The Bertz CT molecular complexity index is 1690. The quantitative estimate of drug-likeness (QED) is 0.191. The van der Waals surface area contributed by atoms with E-state index in [1.54, 1.807) is 12.1 Å². The maximum atomic E-state index is 15.2. The Kier molecular flexibility index (Phi) is 11.1. The molecule has 0 aliphatic rings. The van der Waals surface area contributed by atoms with E-state index < -0.39 is 34.3 Å². The number of halogens is 1. The number of aryl methyl sites for hydroxylation is 2. The summed E-state index contributed by atoms with van der Waals surface area (Å²) in [4.78, 5) is 29.7. The Morgan fingerprint density at radius 1 is 0.800 bits per heavy atom. The van der Waals surface area contributed by atoms with Gasteiger partial charge in [0, 0.05) is 19.0 Å². The minimum Gasteiger partial charge on any atom is -0.352 e. The van der Waals surface area contributed by atoms with Crippen LogP contribution in [0.3, 0.4) is 0 Å². The summed E-state index contributed by atoms with van der Waals surface area (Å²) < 4.78 is 44.1. The third-order valence-corrected chi connectivity index (χ3v) is 9.53. The van der Waals surface area contributed by atoms with Gasteiger partial charge in [-0.1, -0.05) is 96.9 Å². The van der Waals surface area contributed by atoms with Crippen LogP contribution >= 0.6 is 0 Å². The van der Waals surface area contributed by atoms with Crippen LogP contribution in [0.15, 0.2) is 108 Å². The van der Waals surface area contributed by atoms with E-state index in [-0.39, 0.29) is 35.5 Å². The molecule has 4 aromatic rings.